The van der Waals surface area contributed by atoms with Crippen molar-refractivity contribution in [3.63, 3.8) is 0 Å². The maximum Gasteiger partial charge on any atom is 0.0320 e. The molecule has 1 heterocycles. The Kier molecular flexibility index (Phi) is 2.12. The highest BCUT2D eigenvalue weighted by atomic mass is 15.1. The number of nitrogens with two attached hydrogens (primary N) is 1. The molecule has 2 N–H and O–H groups in total. The molecular formula is C16H22N2. The molecule has 0 saturated heterocycles. The van der Waals surface area contributed by atoms with Crippen molar-refractivity contribution in [3.8, 4) is 0 Å². The Balaban J connectivity index is 1.92. The zero-order valence-electron chi connectivity index (χ0n) is 11.2. The first-order valence-electron chi connectivity index (χ1n) is 7.28. The number of aryl methyl sites for hydroxylation is 1. The van der Waals surface area contributed by atoms with Crippen molar-refractivity contribution >= 4 is 5.69 Å². The van der Waals surface area contributed by atoms with E-state index in [9.17, 15) is 0 Å². The Morgan fingerprint density at radius 3 is 2.83 bits per heavy atom. The summed E-state index contributed by atoms with van der Waals surface area (Å²) in [5, 5.41) is 0. The van der Waals surface area contributed by atoms with Crippen LogP contribution in [0.5, 0.6) is 0 Å². The van der Waals surface area contributed by atoms with Gasteiger partial charge >= 0.3 is 0 Å². The number of nitrogen functional groups attached to an aromatic ring is 1. The average molecular weight is 242 g/mol. The molecule has 1 atom stereocenters. The van der Waals surface area contributed by atoms with Gasteiger partial charge in [-0.1, -0.05) is 0 Å². The minimum atomic E-state index is 0.616. The molecule has 2 nitrogen and oxygen atoms in total. The van der Waals surface area contributed by atoms with E-state index in [4.69, 9.17) is 5.73 Å². The fourth-order valence-electron chi connectivity index (χ4n) is 4.51. The molecule has 1 aromatic rings. The van der Waals surface area contributed by atoms with E-state index in [1.807, 2.05) is 0 Å². The van der Waals surface area contributed by atoms with Crippen molar-refractivity contribution < 1.29 is 0 Å². The molecule has 1 aromatic carbocycles. The first-order valence-corrected chi connectivity index (χ1v) is 7.28. The lowest BCUT2D eigenvalue weighted by Crippen LogP contribution is -2.27. The largest absolute Gasteiger partial charge is 0.399 e. The molecule has 4 rings (SSSR count). The number of rotatable bonds is 0. The lowest BCUT2D eigenvalue weighted by atomic mass is 9.72. The van der Waals surface area contributed by atoms with Gasteiger partial charge in [-0.05, 0) is 79.3 Å². The summed E-state index contributed by atoms with van der Waals surface area (Å²) in [6.07, 6.45) is 6.87. The fourth-order valence-corrected chi connectivity index (χ4v) is 4.51. The van der Waals surface area contributed by atoms with Gasteiger partial charge in [-0.2, -0.15) is 0 Å². The predicted octanol–water partition coefficient (Wildman–Crippen LogP) is 2.91. The van der Waals surface area contributed by atoms with Gasteiger partial charge in [0.15, 0.2) is 0 Å². The second-order valence-corrected chi connectivity index (χ2v) is 6.73. The van der Waals surface area contributed by atoms with Gasteiger partial charge in [0.05, 0.1) is 0 Å². The molecule has 1 aliphatic heterocycles. The molecule has 0 amide bonds. The average Bonchev–Trinajstić information content (AvgIpc) is 3.09. The van der Waals surface area contributed by atoms with Crippen molar-refractivity contribution in [2.45, 2.75) is 44.6 Å². The van der Waals surface area contributed by atoms with E-state index in [0.29, 0.717) is 5.41 Å². The maximum atomic E-state index is 6.09. The summed E-state index contributed by atoms with van der Waals surface area (Å²) in [7, 11) is 2.27. The second kappa shape index (κ2) is 3.51. The van der Waals surface area contributed by atoms with Crippen LogP contribution in [0.3, 0.4) is 0 Å². The lowest BCUT2D eigenvalue weighted by molar-refractivity contribution is 0.236. The zero-order chi connectivity index (χ0) is 12.3. The van der Waals surface area contributed by atoms with Crippen LogP contribution < -0.4 is 5.73 Å². The van der Waals surface area contributed by atoms with Crippen LogP contribution in [0.15, 0.2) is 12.1 Å². The van der Waals surface area contributed by atoms with Crippen LogP contribution in [0.2, 0.25) is 0 Å². The Hall–Kier alpha value is -1.02. The Morgan fingerprint density at radius 2 is 2.06 bits per heavy atom. The summed E-state index contributed by atoms with van der Waals surface area (Å²) in [6.45, 7) is 2.37. The molecule has 1 fully saturated rings. The first kappa shape index (κ1) is 10.9. The smallest absolute Gasteiger partial charge is 0.0320 e. The number of fused-ring (bicyclic) bond motifs is 1. The van der Waals surface area contributed by atoms with Crippen molar-refractivity contribution in [1.29, 1.82) is 0 Å². The molecule has 1 spiro atoms. The number of benzene rings is 1. The number of nitrogens with zero attached hydrogens (tertiary/aromatic N) is 1. The third-order valence-electron chi connectivity index (χ3n) is 5.32. The highest BCUT2D eigenvalue weighted by Crippen LogP contribution is 2.61. The van der Waals surface area contributed by atoms with Crippen LogP contribution in [-0.2, 0) is 13.0 Å². The molecule has 96 valence electrons. The standard InChI is InChI=1S/C16H22N2/c1-18-9-12-8-13(17)7-11-3-2-4-14(15(11)12)16(10-18)5-6-16/h7-8,14H,2-6,9-10,17H2,1H3. The molecule has 3 aliphatic rings. The van der Waals surface area contributed by atoms with Gasteiger partial charge in [0.2, 0.25) is 0 Å². The van der Waals surface area contributed by atoms with Gasteiger partial charge < -0.3 is 10.6 Å². The lowest BCUT2D eigenvalue weighted by Gasteiger charge is -2.32. The van der Waals surface area contributed by atoms with Crippen LogP contribution in [0.25, 0.3) is 0 Å². The monoisotopic (exact) mass is 242 g/mol. The molecule has 1 saturated carbocycles. The topological polar surface area (TPSA) is 29.3 Å². The van der Waals surface area contributed by atoms with Gasteiger partial charge in [0.25, 0.3) is 0 Å². The summed E-state index contributed by atoms with van der Waals surface area (Å²) in [6, 6.07) is 4.47. The molecule has 18 heavy (non-hydrogen) atoms. The van der Waals surface area contributed by atoms with E-state index in [2.05, 4.69) is 24.1 Å². The summed E-state index contributed by atoms with van der Waals surface area (Å²) in [5.74, 6) is 0.821. The third-order valence-corrected chi connectivity index (χ3v) is 5.32. The second-order valence-electron chi connectivity index (χ2n) is 6.73. The molecule has 0 radical (unpaired) electrons. The van der Waals surface area contributed by atoms with E-state index < -0.39 is 0 Å². The van der Waals surface area contributed by atoms with Crippen LogP contribution >= 0.6 is 0 Å². The number of hydrogen-bond acceptors (Lipinski definition) is 2. The van der Waals surface area contributed by atoms with Gasteiger partial charge in [-0.3, -0.25) is 0 Å². The minimum absolute atomic E-state index is 0.616. The number of anilines is 1. The number of hydrogen-bond donors (Lipinski definition) is 1. The summed E-state index contributed by atoms with van der Waals surface area (Å²) in [4.78, 5) is 2.51. The van der Waals surface area contributed by atoms with Crippen LogP contribution in [-0.4, -0.2) is 18.5 Å². The third kappa shape index (κ3) is 1.45. The highest BCUT2D eigenvalue weighted by molar-refractivity contribution is 5.53. The zero-order valence-corrected chi connectivity index (χ0v) is 11.2. The SMILES string of the molecule is CN1Cc2cc(N)cc3c2C(CCC3)C2(CC2)C1. The molecular weight excluding hydrogens is 220 g/mol. The summed E-state index contributed by atoms with van der Waals surface area (Å²) < 4.78 is 0. The Bertz CT molecular complexity index is 502. The van der Waals surface area contributed by atoms with Gasteiger partial charge in [-0.15, -0.1) is 0 Å². The molecule has 0 bridgehead atoms. The Morgan fingerprint density at radius 1 is 1.28 bits per heavy atom. The van der Waals surface area contributed by atoms with Crippen molar-refractivity contribution in [3.05, 3.63) is 28.8 Å². The maximum absolute atomic E-state index is 6.09. The minimum Gasteiger partial charge on any atom is -0.399 e. The quantitative estimate of drug-likeness (QED) is 0.709. The van der Waals surface area contributed by atoms with Gasteiger partial charge in [0, 0.05) is 18.8 Å². The first-order chi connectivity index (χ1) is 8.68. The van der Waals surface area contributed by atoms with Gasteiger partial charge in [0.1, 0.15) is 0 Å². The van der Waals surface area contributed by atoms with E-state index in [-0.39, 0.29) is 0 Å². The molecule has 0 aromatic heterocycles. The van der Waals surface area contributed by atoms with E-state index in [0.717, 1.165) is 18.2 Å². The van der Waals surface area contributed by atoms with Crippen LogP contribution in [0.4, 0.5) is 5.69 Å². The van der Waals surface area contributed by atoms with Crippen LogP contribution in [0.1, 0.15) is 48.3 Å². The van der Waals surface area contributed by atoms with Crippen molar-refractivity contribution in [1.82, 2.24) is 4.90 Å². The summed E-state index contributed by atoms with van der Waals surface area (Å²) in [5.41, 5.74) is 12.4. The fraction of sp³-hybridized carbons (Fsp3) is 0.625. The van der Waals surface area contributed by atoms with Crippen LogP contribution in [0, 0.1) is 5.41 Å². The van der Waals surface area contributed by atoms with Crippen molar-refractivity contribution in [2.75, 3.05) is 19.3 Å². The van der Waals surface area contributed by atoms with Crippen molar-refractivity contribution in [2.24, 2.45) is 5.41 Å². The molecule has 1 unspecified atom stereocenters. The normalized spacial score (nSPS) is 28.8. The Labute approximate surface area is 109 Å². The highest BCUT2D eigenvalue weighted by Gasteiger charge is 2.52. The van der Waals surface area contributed by atoms with E-state index >= 15 is 0 Å². The predicted molar refractivity (Wildman–Crippen MR) is 74.5 cm³/mol. The molecule has 2 heteroatoms. The summed E-state index contributed by atoms with van der Waals surface area (Å²) >= 11 is 0. The molecule has 2 aliphatic carbocycles. The van der Waals surface area contributed by atoms with E-state index in [1.165, 1.54) is 44.2 Å². The van der Waals surface area contributed by atoms with E-state index in [1.54, 1.807) is 11.1 Å². The van der Waals surface area contributed by atoms with Gasteiger partial charge in [-0.25, -0.2) is 0 Å².